The molecule has 0 radical (unpaired) electrons. The number of rotatable bonds is 3. The van der Waals surface area contributed by atoms with Crippen LogP contribution in [0.4, 0.5) is 0 Å². The van der Waals surface area contributed by atoms with Crippen LogP contribution in [-0.4, -0.2) is 17.5 Å². The van der Waals surface area contributed by atoms with Crippen molar-refractivity contribution in [1.82, 2.24) is 5.32 Å². The van der Waals surface area contributed by atoms with E-state index >= 15 is 0 Å². The first-order chi connectivity index (χ1) is 9.18. The molecule has 0 atom stereocenters. The summed E-state index contributed by atoms with van der Waals surface area (Å²) in [5.41, 5.74) is 6.14. The van der Waals surface area contributed by atoms with Gasteiger partial charge < -0.3 is 11.1 Å². The predicted molar refractivity (Wildman–Crippen MR) is 78.9 cm³/mol. The van der Waals surface area contributed by atoms with Gasteiger partial charge in [-0.1, -0.05) is 51.4 Å². The van der Waals surface area contributed by atoms with Crippen molar-refractivity contribution < 1.29 is 4.79 Å². The quantitative estimate of drug-likeness (QED) is 0.823. The summed E-state index contributed by atoms with van der Waals surface area (Å²) in [4.78, 5) is 12.2. The van der Waals surface area contributed by atoms with Crippen molar-refractivity contribution in [1.29, 1.82) is 0 Å². The van der Waals surface area contributed by atoms with E-state index in [-0.39, 0.29) is 11.4 Å². The Bertz CT molecular complexity index is 276. The maximum absolute atomic E-state index is 12.2. The summed E-state index contributed by atoms with van der Waals surface area (Å²) in [6.45, 7) is 0. The van der Waals surface area contributed by atoms with Crippen molar-refractivity contribution in [3.63, 3.8) is 0 Å². The Kier molecular flexibility index (Phi) is 5.68. The van der Waals surface area contributed by atoms with E-state index in [2.05, 4.69) is 5.32 Å². The van der Waals surface area contributed by atoms with Crippen LogP contribution in [0.2, 0.25) is 0 Å². The van der Waals surface area contributed by atoms with Gasteiger partial charge in [0.25, 0.3) is 0 Å². The van der Waals surface area contributed by atoms with Crippen molar-refractivity contribution in [2.75, 3.05) is 0 Å². The van der Waals surface area contributed by atoms with E-state index < -0.39 is 0 Å². The van der Waals surface area contributed by atoms with Gasteiger partial charge >= 0.3 is 0 Å². The van der Waals surface area contributed by atoms with Crippen LogP contribution in [0.3, 0.4) is 0 Å². The van der Waals surface area contributed by atoms with Crippen LogP contribution in [-0.2, 0) is 4.79 Å². The molecule has 0 heterocycles. The molecule has 3 heteroatoms. The molecule has 0 aromatic heterocycles. The first-order valence-electron chi connectivity index (χ1n) is 8.26. The third kappa shape index (κ3) is 5.13. The molecule has 19 heavy (non-hydrogen) atoms. The standard InChI is InChI=1S/C16H30N2O/c17-16(11-7-4-8-12-16)13-15(19)18-14-9-5-2-1-3-6-10-14/h14H,1-13,17H2,(H,18,19). The first-order valence-corrected chi connectivity index (χ1v) is 8.26. The summed E-state index contributed by atoms with van der Waals surface area (Å²) in [6, 6.07) is 0.403. The monoisotopic (exact) mass is 266 g/mol. The minimum atomic E-state index is -0.218. The number of carbonyl (C=O) groups is 1. The van der Waals surface area contributed by atoms with Gasteiger partial charge in [0.1, 0.15) is 0 Å². The Morgan fingerprint density at radius 2 is 1.47 bits per heavy atom. The SMILES string of the molecule is NC1(CC(=O)NC2CCCCCCC2)CCCCC1. The summed E-state index contributed by atoms with van der Waals surface area (Å²) in [7, 11) is 0. The smallest absolute Gasteiger partial charge is 0.222 e. The van der Waals surface area contributed by atoms with Crippen molar-refractivity contribution in [3.05, 3.63) is 0 Å². The molecule has 3 N–H and O–H groups in total. The van der Waals surface area contributed by atoms with Gasteiger partial charge in [-0.3, -0.25) is 4.79 Å². The van der Waals surface area contributed by atoms with Crippen LogP contribution >= 0.6 is 0 Å². The Labute approximate surface area is 117 Å². The lowest BCUT2D eigenvalue weighted by Crippen LogP contribution is -2.47. The molecule has 0 unspecified atom stereocenters. The van der Waals surface area contributed by atoms with Crippen LogP contribution in [0, 0.1) is 0 Å². The number of nitrogens with one attached hydrogen (secondary N) is 1. The maximum Gasteiger partial charge on any atom is 0.222 e. The number of nitrogens with two attached hydrogens (primary N) is 1. The number of amides is 1. The molecule has 0 aromatic rings. The largest absolute Gasteiger partial charge is 0.353 e. The van der Waals surface area contributed by atoms with E-state index in [9.17, 15) is 4.79 Å². The molecule has 0 spiro atoms. The molecule has 110 valence electrons. The third-order valence-corrected chi connectivity index (χ3v) is 4.83. The lowest BCUT2D eigenvalue weighted by molar-refractivity contribution is -0.123. The van der Waals surface area contributed by atoms with Crippen molar-refractivity contribution in [3.8, 4) is 0 Å². The lowest BCUT2D eigenvalue weighted by atomic mass is 9.80. The van der Waals surface area contributed by atoms with Gasteiger partial charge in [-0.25, -0.2) is 0 Å². The van der Waals surface area contributed by atoms with E-state index in [0.717, 1.165) is 25.7 Å². The van der Waals surface area contributed by atoms with Crippen LogP contribution in [0.15, 0.2) is 0 Å². The fourth-order valence-electron chi connectivity index (χ4n) is 3.63. The second-order valence-electron chi connectivity index (χ2n) is 6.71. The highest BCUT2D eigenvalue weighted by Crippen LogP contribution is 2.28. The van der Waals surface area contributed by atoms with E-state index in [4.69, 9.17) is 5.73 Å². The summed E-state index contributed by atoms with van der Waals surface area (Å²) < 4.78 is 0. The van der Waals surface area contributed by atoms with Gasteiger partial charge in [0.05, 0.1) is 0 Å². The van der Waals surface area contributed by atoms with Gasteiger partial charge in [0.15, 0.2) is 0 Å². The average Bonchev–Trinajstić information content (AvgIpc) is 2.32. The normalized spacial score (nSPS) is 25.3. The zero-order chi connectivity index (χ0) is 13.6. The minimum Gasteiger partial charge on any atom is -0.353 e. The number of hydrogen-bond donors (Lipinski definition) is 2. The molecule has 0 bridgehead atoms. The molecular formula is C16H30N2O. The predicted octanol–water partition coefficient (Wildman–Crippen LogP) is 3.27. The second-order valence-corrected chi connectivity index (χ2v) is 6.71. The summed E-state index contributed by atoms with van der Waals surface area (Å²) in [6.07, 6.45) is 15.1. The van der Waals surface area contributed by atoms with Gasteiger partial charge in [0, 0.05) is 18.0 Å². The molecule has 2 saturated carbocycles. The topological polar surface area (TPSA) is 55.1 Å². The van der Waals surface area contributed by atoms with E-state index in [1.807, 2.05) is 0 Å². The van der Waals surface area contributed by atoms with Crippen LogP contribution in [0.5, 0.6) is 0 Å². The minimum absolute atomic E-state index is 0.190. The summed E-state index contributed by atoms with van der Waals surface area (Å²) >= 11 is 0. The molecule has 2 aliphatic rings. The average molecular weight is 266 g/mol. The first kappa shape index (κ1) is 14.8. The molecule has 1 amide bonds. The highest BCUT2D eigenvalue weighted by Gasteiger charge is 2.30. The zero-order valence-electron chi connectivity index (χ0n) is 12.3. The van der Waals surface area contributed by atoms with Crippen molar-refractivity contribution in [2.45, 2.75) is 95.1 Å². The second kappa shape index (κ2) is 7.28. The van der Waals surface area contributed by atoms with Crippen LogP contribution < -0.4 is 11.1 Å². The molecule has 2 fully saturated rings. The van der Waals surface area contributed by atoms with E-state index in [1.54, 1.807) is 0 Å². The van der Waals surface area contributed by atoms with Gasteiger partial charge in [0.2, 0.25) is 5.91 Å². The van der Waals surface area contributed by atoms with E-state index in [0.29, 0.717) is 12.5 Å². The van der Waals surface area contributed by atoms with Gasteiger partial charge in [-0.15, -0.1) is 0 Å². The number of hydrogen-bond acceptors (Lipinski definition) is 2. The highest BCUT2D eigenvalue weighted by atomic mass is 16.1. The molecule has 0 saturated heterocycles. The van der Waals surface area contributed by atoms with E-state index in [1.165, 1.54) is 51.4 Å². The van der Waals surface area contributed by atoms with Crippen LogP contribution in [0.1, 0.15) is 83.5 Å². The number of carbonyl (C=O) groups excluding carboxylic acids is 1. The van der Waals surface area contributed by atoms with Crippen molar-refractivity contribution in [2.24, 2.45) is 5.73 Å². The maximum atomic E-state index is 12.2. The Morgan fingerprint density at radius 3 is 2.11 bits per heavy atom. The van der Waals surface area contributed by atoms with Crippen LogP contribution in [0.25, 0.3) is 0 Å². The fraction of sp³-hybridized carbons (Fsp3) is 0.938. The van der Waals surface area contributed by atoms with Gasteiger partial charge in [-0.05, 0) is 25.7 Å². The molecular weight excluding hydrogens is 236 g/mol. The molecule has 0 aromatic carbocycles. The molecule has 0 aliphatic heterocycles. The van der Waals surface area contributed by atoms with Crippen molar-refractivity contribution >= 4 is 5.91 Å². The molecule has 2 aliphatic carbocycles. The van der Waals surface area contributed by atoms with Gasteiger partial charge in [-0.2, -0.15) is 0 Å². The Hall–Kier alpha value is -0.570. The summed E-state index contributed by atoms with van der Waals surface area (Å²) in [5.74, 6) is 0.190. The fourth-order valence-corrected chi connectivity index (χ4v) is 3.63. The zero-order valence-corrected chi connectivity index (χ0v) is 12.3. The molecule has 2 rings (SSSR count). The highest BCUT2D eigenvalue weighted by molar-refractivity contribution is 5.77. The Morgan fingerprint density at radius 1 is 0.947 bits per heavy atom. The lowest BCUT2D eigenvalue weighted by Gasteiger charge is -2.33. The molecule has 3 nitrogen and oxygen atoms in total. The summed E-state index contributed by atoms with van der Waals surface area (Å²) in [5, 5.41) is 3.24. The third-order valence-electron chi connectivity index (χ3n) is 4.83. The Balaban J connectivity index is 1.75.